The Kier molecular flexibility index (Phi) is 5.32. The Balaban J connectivity index is 1.36. The largest absolute Gasteiger partial charge is 0.302 e. The molecule has 0 bridgehead atoms. The summed E-state index contributed by atoms with van der Waals surface area (Å²) in [6, 6.07) is 18.6. The Morgan fingerprint density at radius 2 is 1.89 bits per heavy atom. The molecule has 0 fully saturated rings. The van der Waals surface area contributed by atoms with Crippen molar-refractivity contribution in [2.45, 2.75) is 32.9 Å². The van der Waals surface area contributed by atoms with Crippen LogP contribution in [0.15, 0.2) is 54.6 Å². The number of rotatable bonds is 5. The van der Waals surface area contributed by atoms with Gasteiger partial charge in [0.1, 0.15) is 0 Å². The summed E-state index contributed by atoms with van der Waals surface area (Å²) in [6.45, 7) is 4.90. The van der Waals surface area contributed by atoms with Crippen molar-refractivity contribution in [3.63, 3.8) is 0 Å². The molecular formula is C22H23N3OS. The molecule has 27 heavy (non-hydrogen) atoms. The van der Waals surface area contributed by atoms with Crippen molar-refractivity contribution in [1.82, 2.24) is 9.88 Å². The van der Waals surface area contributed by atoms with Gasteiger partial charge in [-0.1, -0.05) is 60.2 Å². The molecule has 4 rings (SSSR count). The summed E-state index contributed by atoms with van der Waals surface area (Å²) >= 11 is 1.61. The maximum Gasteiger partial charge on any atom is 0.230 e. The van der Waals surface area contributed by atoms with Crippen molar-refractivity contribution in [1.29, 1.82) is 0 Å². The summed E-state index contributed by atoms with van der Waals surface area (Å²) < 4.78 is 0. The van der Waals surface area contributed by atoms with Gasteiger partial charge in [-0.3, -0.25) is 9.69 Å². The number of hydrogen-bond donors (Lipinski definition) is 1. The lowest BCUT2D eigenvalue weighted by Gasteiger charge is -2.25. The first kappa shape index (κ1) is 17.9. The molecule has 1 aromatic heterocycles. The highest BCUT2D eigenvalue weighted by molar-refractivity contribution is 7.15. The number of anilines is 1. The van der Waals surface area contributed by atoms with Gasteiger partial charge >= 0.3 is 0 Å². The number of nitrogens with one attached hydrogen (secondary N) is 1. The van der Waals surface area contributed by atoms with Gasteiger partial charge in [-0.15, -0.1) is 11.3 Å². The van der Waals surface area contributed by atoms with Gasteiger partial charge in [0.25, 0.3) is 0 Å². The van der Waals surface area contributed by atoms with Gasteiger partial charge in [0.05, 0.1) is 12.1 Å². The average molecular weight is 378 g/mol. The summed E-state index contributed by atoms with van der Waals surface area (Å²) in [5.41, 5.74) is 4.69. The number of benzene rings is 2. The minimum Gasteiger partial charge on any atom is -0.302 e. The van der Waals surface area contributed by atoms with Crippen LogP contribution in [0.2, 0.25) is 0 Å². The van der Waals surface area contributed by atoms with E-state index in [1.807, 2.05) is 37.3 Å². The van der Waals surface area contributed by atoms with E-state index in [1.54, 1.807) is 11.3 Å². The lowest BCUT2D eigenvalue weighted by atomic mass is 10.1. The highest BCUT2D eigenvalue weighted by Gasteiger charge is 2.21. The molecule has 1 aliphatic heterocycles. The Hall–Kier alpha value is -2.50. The molecular weight excluding hydrogens is 354 g/mol. The highest BCUT2D eigenvalue weighted by atomic mass is 32.1. The van der Waals surface area contributed by atoms with Crippen LogP contribution in [0.5, 0.6) is 0 Å². The first-order chi connectivity index (χ1) is 13.2. The number of hydrogen-bond acceptors (Lipinski definition) is 4. The topological polar surface area (TPSA) is 45.2 Å². The van der Waals surface area contributed by atoms with Crippen LogP contribution in [0.1, 0.15) is 27.3 Å². The van der Waals surface area contributed by atoms with Crippen LogP contribution in [0.25, 0.3) is 0 Å². The number of carbonyl (C=O) groups excluding carboxylic acids is 1. The standard InChI is InChI=1S/C22H23N3OS/c1-16-7-9-17(10-8-16)13-21(26)24-22-23-19-11-12-25(15-20(19)27-22)14-18-5-3-2-4-6-18/h2-10H,11-15H2,1H3,(H,23,24,26). The summed E-state index contributed by atoms with van der Waals surface area (Å²) in [4.78, 5) is 20.7. The second-order valence-electron chi connectivity index (χ2n) is 7.05. The Bertz CT molecular complexity index is 918. The van der Waals surface area contributed by atoms with Gasteiger partial charge in [0.2, 0.25) is 5.91 Å². The smallest absolute Gasteiger partial charge is 0.230 e. The second-order valence-corrected chi connectivity index (χ2v) is 8.13. The molecule has 0 atom stereocenters. The lowest BCUT2D eigenvalue weighted by molar-refractivity contribution is -0.115. The van der Waals surface area contributed by atoms with Crippen LogP contribution >= 0.6 is 11.3 Å². The zero-order valence-corrected chi connectivity index (χ0v) is 16.3. The predicted octanol–water partition coefficient (Wildman–Crippen LogP) is 4.19. The molecule has 2 heterocycles. The molecule has 3 aromatic rings. The molecule has 0 saturated carbocycles. The molecule has 4 nitrogen and oxygen atoms in total. The van der Waals surface area contributed by atoms with Crippen molar-refractivity contribution in [2.24, 2.45) is 0 Å². The molecule has 5 heteroatoms. The second kappa shape index (κ2) is 8.03. The van der Waals surface area contributed by atoms with Crippen molar-refractivity contribution >= 4 is 22.4 Å². The van der Waals surface area contributed by atoms with Crippen LogP contribution < -0.4 is 5.32 Å². The van der Waals surface area contributed by atoms with Crippen molar-refractivity contribution in [3.05, 3.63) is 81.9 Å². The fourth-order valence-corrected chi connectivity index (χ4v) is 4.40. The summed E-state index contributed by atoms with van der Waals surface area (Å²) in [7, 11) is 0. The van der Waals surface area contributed by atoms with Crippen LogP contribution in [-0.4, -0.2) is 22.3 Å². The van der Waals surface area contributed by atoms with E-state index in [0.717, 1.165) is 42.4 Å². The lowest BCUT2D eigenvalue weighted by Crippen LogP contribution is -2.29. The van der Waals surface area contributed by atoms with Gasteiger partial charge in [-0.2, -0.15) is 0 Å². The number of nitrogens with zero attached hydrogens (tertiary/aromatic N) is 2. The van der Waals surface area contributed by atoms with Crippen LogP contribution in [-0.2, 0) is 30.7 Å². The summed E-state index contributed by atoms with van der Waals surface area (Å²) in [6.07, 6.45) is 1.32. The molecule has 0 aliphatic carbocycles. The van der Waals surface area contributed by atoms with E-state index >= 15 is 0 Å². The van der Waals surface area contributed by atoms with Gasteiger partial charge < -0.3 is 5.32 Å². The quantitative estimate of drug-likeness (QED) is 0.725. The maximum absolute atomic E-state index is 12.3. The fraction of sp³-hybridized carbons (Fsp3) is 0.273. The minimum absolute atomic E-state index is 0.00825. The van der Waals surface area contributed by atoms with E-state index in [4.69, 9.17) is 0 Å². The SMILES string of the molecule is Cc1ccc(CC(=O)Nc2nc3c(s2)CN(Cc2ccccc2)CC3)cc1. The van der Waals surface area contributed by atoms with Gasteiger partial charge in [-0.05, 0) is 18.1 Å². The van der Waals surface area contributed by atoms with Crippen molar-refractivity contribution < 1.29 is 4.79 Å². The number of aromatic nitrogens is 1. The molecule has 2 aromatic carbocycles. The van der Waals surface area contributed by atoms with Gasteiger partial charge in [0, 0.05) is 30.9 Å². The third-order valence-corrected chi connectivity index (χ3v) is 5.79. The molecule has 1 aliphatic rings. The van der Waals surface area contributed by atoms with E-state index in [1.165, 1.54) is 16.0 Å². The van der Waals surface area contributed by atoms with Gasteiger partial charge in [0.15, 0.2) is 5.13 Å². The van der Waals surface area contributed by atoms with Crippen LogP contribution in [0, 0.1) is 6.92 Å². The molecule has 138 valence electrons. The zero-order chi connectivity index (χ0) is 18.6. The fourth-order valence-electron chi connectivity index (χ4n) is 3.33. The Labute approximate surface area is 163 Å². The molecule has 0 unspecified atom stereocenters. The Morgan fingerprint density at radius 1 is 1.11 bits per heavy atom. The van der Waals surface area contributed by atoms with Crippen molar-refractivity contribution in [2.75, 3.05) is 11.9 Å². The van der Waals surface area contributed by atoms with E-state index in [0.29, 0.717) is 6.42 Å². The normalized spacial score (nSPS) is 14.0. The van der Waals surface area contributed by atoms with Gasteiger partial charge in [-0.25, -0.2) is 4.98 Å². The zero-order valence-electron chi connectivity index (χ0n) is 15.4. The number of carbonyl (C=O) groups is 1. The third kappa shape index (κ3) is 4.62. The summed E-state index contributed by atoms with van der Waals surface area (Å²) in [5, 5.41) is 3.70. The van der Waals surface area contributed by atoms with Crippen LogP contribution in [0.4, 0.5) is 5.13 Å². The Morgan fingerprint density at radius 3 is 2.67 bits per heavy atom. The summed E-state index contributed by atoms with van der Waals surface area (Å²) in [5.74, 6) is -0.00825. The van der Waals surface area contributed by atoms with Crippen LogP contribution in [0.3, 0.4) is 0 Å². The first-order valence-electron chi connectivity index (χ1n) is 9.26. The third-order valence-electron chi connectivity index (χ3n) is 4.79. The number of fused-ring (bicyclic) bond motifs is 1. The van der Waals surface area contributed by atoms with Crippen molar-refractivity contribution in [3.8, 4) is 0 Å². The minimum atomic E-state index is -0.00825. The predicted molar refractivity (Wildman–Crippen MR) is 110 cm³/mol. The first-order valence-corrected chi connectivity index (χ1v) is 10.1. The number of aryl methyl sites for hydroxylation is 1. The molecule has 0 radical (unpaired) electrons. The van der Waals surface area contributed by atoms with E-state index in [2.05, 4.69) is 39.5 Å². The molecule has 0 saturated heterocycles. The monoisotopic (exact) mass is 377 g/mol. The number of thiazole rings is 1. The highest BCUT2D eigenvalue weighted by Crippen LogP contribution is 2.29. The molecule has 0 spiro atoms. The van der Waals surface area contributed by atoms with E-state index in [9.17, 15) is 4.79 Å². The number of amides is 1. The molecule has 1 N–H and O–H groups in total. The molecule has 1 amide bonds. The average Bonchev–Trinajstić information content (AvgIpc) is 3.06. The maximum atomic E-state index is 12.3. The van der Waals surface area contributed by atoms with E-state index in [-0.39, 0.29) is 5.91 Å². The van der Waals surface area contributed by atoms with E-state index < -0.39 is 0 Å².